The first-order valence-corrected chi connectivity index (χ1v) is 6.53. The largest absolute Gasteiger partial charge is 0.496 e. The molecule has 0 aromatic heterocycles. The third-order valence-electron chi connectivity index (χ3n) is 3.66. The van der Waals surface area contributed by atoms with Crippen LogP contribution in [-0.4, -0.2) is 12.2 Å². The second-order valence-corrected chi connectivity index (χ2v) is 5.08. The van der Waals surface area contributed by atoms with Crippen molar-refractivity contribution < 1.29 is 14.2 Å². The fourth-order valence-corrected chi connectivity index (χ4v) is 2.36. The van der Waals surface area contributed by atoms with E-state index in [0.29, 0.717) is 11.3 Å². The Balaban J connectivity index is 2.54. The molecule has 0 aliphatic carbocycles. The number of aliphatic hydroxyl groups excluding tert-OH is 1. The van der Waals surface area contributed by atoms with E-state index in [1.54, 1.807) is 0 Å². The minimum atomic E-state index is -0.903. The van der Waals surface area contributed by atoms with Gasteiger partial charge in [-0.1, -0.05) is 12.1 Å². The van der Waals surface area contributed by atoms with E-state index in [-0.39, 0.29) is 5.82 Å². The molecule has 1 atom stereocenters. The maximum Gasteiger partial charge on any atom is 0.125 e. The Morgan fingerprint density at radius 1 is 0.950 bits per heavy atom. The standard InChI is InChI=1S/C17H19FO2/c1-10-7-12(3)14(8-11(10)2)17(19)15-9-13(18)5-6-16(15)20-4/h5-9,17,19H,1-4H3. The van der Waals surface area contributed by atoms with E-state index in [1.165, 1.54) is 30.9 Å². The Hall–Kier alpha value is -1.87. The van der Waals surface area contributed by atoms with Gasteiger partial charge in [-0.3, -0.25) is 0 Å². The van der Waals surface area contributed by atoms with Crippen molar-refractivity contribution >= 4 is 0 Å². The molecular formula is C17H19FO2. The van der Waals surface area contributed by atoms with Crippen molar-refractivity contribution in [1.82, 2.24) is 0 Å². The van der Waals surface area contributed by atoms with Crippen LogP contribution in [0.3, 0.4) is 0 Å². The molecule has 2 aromatic rings. The van der Waals surface area contributed by atoms with Crippen LogP contribution in [0.4, 0.5) is 4.39 Å². The van der Waals surface area contributed by atoms with E-state index in [2.05, 4.69) is 0 Å². The van der Waals surface area contributed by atoms with Gasteiger partial charge < -0.3 is 9.84 Å². The third kappa shape index (κ3) is 2.68. The summed E-state index contributed by atoms with van der Waals surface area (Å²) < 4.78 is 18.6. The number of benzene rings is 2. The molecule has 0 heterocycles. The van der Waals surface area contributed by atoms with Gasteiger partial charge in [0.15, 0.2) is 0 Å². The molecule has 20 heavy (non-hydrogen) atoms. The van der Waals surface area contributed by atoms with Crippen molar-refractivity contribution in [3.05, 3.63) is 64.0 Å². The van der Waals surface area contributed by atoms with E-state index >= 15 is 0 Å². The van der Waals surface area contributed by atoms with Gasteiger partial charge in [0, 0.05) is 5.56 Å². The van der Waals surface area contributed by atoms with Crippen molar-refractivity contribution in [2.24, 2.45) is 0 Å². The summed E-state index contributed by atoms with van der Waals surface area (Å²) in [6.07, 6.45) is -0.903. The Bertz CT molecular complexity index is 635. The zero-order valence-corrected chi connectivity index (χ0v) is 12.2. The molecule has 0 spiro atoms. The topological polar surface area (TPSA) is 29.5 Å². The number of halogens is 1. The van der Waals surface area contributed by atoms with Crippen LogP contribution in [0.1, 0.15) is 33.9 Å². The highest BCUT2D eigenvalue weighted by Gasteiger charge is 2.18. The quantitative estimate of drug-likeness (QED) is 0.921. The van der Waals surface area contributed by atoms with E-state index in [9.17, 15) is 9.50 Å². The summed E-state index contributed by atoms with van der Waals surface area (Å²) in [7, 11) is 1.51. The molecule has 0 saturated carbocycles. The van der Waals surface area contributed by atoms with Gasteiger partial charge in [-0.25, -0.2) is 4.39 Å². The Labute approximate surface area is 118 Å². The minimum absolute atomic E-state index is 0.388. The van der Waals surface area contributed by atoms with Crippen molar-refractivity contribution in [2.75, 3.05) is 7.11 Å². The molecule has 1 N–H and O–H groups in total. The van der Waals surface area contributed by atoms with Crippen LogP contribution in [-0.2, 0) is 0 Å². The molecule has 0 aliphatic heterocycles. The van der Waals surface area contributed by atoms with Gasteiger partial charge in [0.2, 0.25) is 0 Å². The Morgan fingerprint density at radius 3 is 2.25 bits per heavy atom. The van der Waals surface area contributed by atoms with Gasteiger partial charge in [-0.15, -0.1) is 0 Å². The molecular weight excluding hydrogens is 255 g/mol. The summed E-state index contributed by atoms with van der Waals surface area (Å²) in [5.41, 5.74) is 4.47. The van der Waals surface area contributed by atoms with Gasteiger partial charge in [0.1, 0.15) is 17.7 Å². The smallest absolute Gasteiger partial charge is 0.125 e. The summed E-state index contributed by atoms with van der Waals surface area (Å²) in [6, 6.07) is 8.14. The molecule has 3 heteroatoms. The number of ether oxygens (including phenoxy) is 1. The van der Waals surface area contributed by atoms with Crippen molar-refractivity contribution in [3.8, 4) is 5.75 Å². The highest BCUT2D eigenvalue weighted by atomic mass is 19.1. The van der Waals surface area contributed by atoms with Crippen molar-refractivity contribution in [3.63, 3.8) is 0 Å². The average Bonchev–Trinajstić information content (AvgIpc) is 2.42. The Kier molecular flexibility index (Phi) is 4.09. The number of aliphatic hydroxyl groups is 1. The second kappa shape index (κ2) is 5.63. The molecule has 1 unspecified atom stereocenters. The number of rotatable bonds is 3. The zero-order chi connectivity index (χ0) is 14.9. The monoisotopic (exact) mass is 274 g/mol. The van der Waals surface area contributed by atoms with E-state index in [1.807, 2.05) is 32.9 Å². The second-order valence-electron chi connectivity index (χ2n) is 5.08. The Morgan fingerprint density at radius 2 is 1.60 bits per heavy atom. The summed E-state index contributed by atoms with van der Waals surface area (Å²) in [6.45, 7) is 5.96. The van der Waals surface area contributed by atoms with Gasteiger partial charge in [-0.2, -0.15) is 0 Å². The maximum absolute atomic E-state index is 13.4. The average molecular weight is 274 g/mol. The first-order chi connectivity index (χ1) is 9.43. The summed E-state index contributed by atoms with van der Waals surface area (Å²) in [4.78, 5) is 0. The van der Waals surface area contributed by atoms with Crippen LogP contribution in [0.5, 0.6) is 5.75 Å². The molecule has 0 fully saturated rings. The predicted octanol–water partition coefficient (Wildman–Crippen LogP) is 3.84. The maximum atomic E-state index is 13.4. The van der Waals surface area contributed by atoms with Crippen LogP contribution >= 0.6 is 0 Å². The number of aryl methyl sites for hydroxylation is 3. The van der Waals surface area contributed by atoms with Gasteiger partial charge in [-0.05, 0) is 61.2 Å². The highest BCUT2D eigenvalue weighted by molar-refractivity contribution is 5.45. The summed E-state index contributed by atoms with van der Waals surface area (Å²) in [5, 5.41) is 10.6. The number of hydrogen-bond acceptors (Lipinski definition) is 2. The molecule has 106 valence electrons. The third-order valence-corrected chi connectivity index (χ3v) is 3.66. The van der Waals surface area contributed by atoms with Gasteiger partial charge in [0.25, 0.3) is 0 Å². The fourth-order valence-electron chi connectivity index (χ4n) is 2.36. The fraction of sp³-hybridized carbons (Fsp3) is 0.294. The molecule has 2 rings (SSSR count). The van der Waals surface area contributed by atoms with Crippen molar-refractivity contribution in [1.29, 1.82) is 0 Å². The SMILES string of the molecule is COc1ccc(F)cc1C(O)c1cc(C)c(C)cc1C. The lowest BCUT2D eigenvalue weighted by Gasteiger charge is -2.18. The molecule has 0 aliphatic rings. The number of methoxy groups -OCH3 is 1. The molecule has 0 saturated heterocycles. The lowest BCUT2D eigenvalue weighted by Crippen LogP contribution is -2.06. The van der Waals surface area contributed by atoms with Crippen LogP contribution in [0.2, 0.25) is 0 Å². The lowest BCUT2D eigenvalue weighted by atomic mass is 9.93. The van der Waals surface area contributed by atoms with E-state index in [0.717, 1.165) is 16.7 Å². The van der Waals surface area contributed by atoms with E-state index < -0.39 is 6.10 Å². The van der Waals surface area contributed by atoms with Crippen LogP contribution in [0, 0.1) is 26.6 Å². The molecule has 2 aromatic carbocycles. The minimum Gasteiger partial charge on any atom is -0.496 e. The lowest BCUT2D eigenvalue weighted by molar-refractivity contribution is 0.213. The molecule has 0 amide bonds. The molecule has 0 radical (unpaired) electrons. The summed E-state index contributed by atoms with van der Waals surface area (Å²) >= 11 is 0. The van der Waals surface area contributed by atoms with Gasteiger partial charge >= 0.3 is 0 Å². The number of hydrogen-bond donors (Lipinski definition) is 1. The normalized spacial score (nSPS) is 12.3. The van der Waals surface area contributed by atoms with Crippen LogP contribution in [0.25, 0.3) is 0 Å². The van der Waals surface area contributed by atoms with E-state index in [4.69, 9.17) is 4.74 Å². The highest BCUT2D eigenvalue weighted by Crippen LogP contribution is 2.33. The molecule has 2 nitrogen and oxygen atoms in total. The first-order valence-electron chi connectivity index (χ1n) is 6.53. The van der Waals surface area contributed by atoms with Crippen LogP contribution < -0.4 is 4.74 Å². The van der Waals surface area contributed by atoms with Gasteiger partial charge in [0.05, 0.1) is 7.11 Å². The molecule has 0 bridgehead atoms. The predicted molar refractivity (Wildman–Crippen MR) is 77.7 cm³/mol. The van der Waals surface area contributed by atoms with Crippen molar-refractivity contribution in [2.45, 2.75) is 26.9 Å². The first kappa shape index (κ1) is 14.5. The van der Waals surface area contributed by atoms with Crippen LogP contribution in [0.15, 0.2) is 30.3 Å². The zero-order valence-electron chi connectivity index (χ0n) is 12.2. The summed E-state index contributed by atoms with van der Waals surface area (Å²) in [5.74, 6) is 0.0952.